The number of rotatable bonds is 6. The highest BCUT2D eigenvalue weighted by Gasteiger charge is 2.29. The summed E-state index contributed by atoms with van der Waals surface area (Å²) in [5.74, 6) is 0.0730. The van der Waals surface area contributed by atoms with Crippen molar-refractivity contribution in [1.82, 2.24) is 9.88 Å². The number of halogens is 1. The smallest absolute Gasteiger partial charge is 0.259 e. The van der Waals surface area contributed by atoms with E-state index in [9.17, 15) is 9.18 Å². The molecular weight excluding hydrogens is 319 g/mol. The van der Waals surface area contributed by atoms with E-state index < -0.39 is 0 Å². The van der Waals surface area contributed by atoms with Gasteiger partial charge in [-0.1, -0.05) is 25.0 Å². The average Bonchev–Trinajstić information content (AvgIpc) is 3.17. The summed E-state index contributed by atoms with van der Waals surface area (Å²) in [6, 6.07) is 10.2. The zero-order valence-electron chi connectivity index (χ0n) is 14.5. The van der Waals surface area contributed by atoms with Gasteiger partial charge in [0.05, 0.1) is 7.11 Å². The molecule has 1 aromatic heterocycles. The Hall–Kier alpha value is -2.43. The number of carbonyl (C=O) groups excluding carboxylic acids is 1. The van der Waals surface area contributed by atoms with E-state index in [2.05, 4.69) is 4.98 Å². The van der Waals surface area contributed by atoms with Crippen molar-refractivity contribution < 1.29 is 13.9 Å². The molecule has 0 saturated heterocycles. The lowest BCUT2D eigenvalue weighted by molar-refractivity contribution is 0.0679. The first-order chi connectivity index (χ1) is 12.2. The second-order valence-electron chi connectivity index (χ2n) is 6.37. The lowest BCUT2D eigenvalue weighted by atomic mass is 10.1. The highest BCUT2D eigenvalue weighted by Crippen LogP contribution is 2.27. The largest absolute Gasteiger partial charge is 0.480 e. The van der Waals surface area contributed by atoms with Gasteiger partial charge in [0.1, 0.15) is 11.4 Å². The summed E-state index contributed by atoms with van der Waals surface area (Å²) in [7, 11) is 1.53. The summed E-state index contributed by atoms with van der Waals surface area (Å²) in [6.45, 7) is 0.604. The van der Waals surface area contributed by atoms with Crippen LogP contribution < -0.4 is 4.74 Å². The maximum atomic E-state index is 13.1. The van der Waals surface area contributed by atoms with E-state index >= 15 is 0 Å². The molecule has 0 atom stereocenters. The molecule has 0 N–H and O–H groups in total. The first kappa shape index (κ1) is 17.4. The van der Waals surface area contributed by atoms with Crippen molar-refractivity contribution >= 4 is 5.91 Å². The van der Waals surface area contributed by atoms with Crippen molar-refractivity contribution in [2.45, 2.75) is 38.1 Å². The van der Waals surface area contributed by atoms with Gasteiger partial charge >= 0.3 is 0 Å². The third-order valence-electron chi connectivity index (χ3n) is 4.78. The lowest BCUT2D eigenvalue weighted by Crippen LogP contribution is -2.40. The van der Waals surface area contributed by atoms with E-state index in [0.29, 0.717) is 24.4 Å². The molecular formula is C20H23FN2O2. The first-order valence-corrected chi connectivity index (χ1v) is 8.73. The quantitative estimate of drug-likeness (QED) is 0.801. The maximum absolute atomic E-state index is 13.1. The van der Waals surface area contributed by atoms with Crippen LogP contribution in [0.1, 0.15) is 41.6 Å². The molecule has 0 spiro atoms. The molecule has 2 aromatic rings. The van der Waals surface area contributed by atoms with Gasteiger partial charge in [0, 0.05) is 18.8 Å². The molecule has 1 saturated carbocycles. The fourth-order valence-corrected chi connectivity index (χ4v) is 3.44. The summed E-state index contributed by atoms with van der Waals surface area (Å²) in [5, 5.41) is 0. The van der Waals surface area contributed by atoms with Gasteiger partial charge in [-0.15, -0.1) is 0 Å². The van der Waals surface area contributed by atoms with E-state index in [4.69, 9.17) is 4.74 Å². The Morgan fingerprint density at radius 2 is 1.96 bits per heavy atom. The predicted octanol–water partition coefficient (Wildman–Crippen LogP) is 3.86. The molecule has 1 aliphatic rings. The van der Waals surface area contributed by atoms with Gasteiger partial charge < -0.3 is 9.64 Å². The molecule has 1 heterocycles. The van der Waals surface area contributed by atoms with Gasteiger partial charge in [-0.2, -0.15) is 0 Å². The molecule has 1 aliphatic carbocycles. The molecule has 25 heavy (non-hydrogen) atoms. The zero-order chi connectivity index (χ0) is 17.6. The Morgan fingerprint density at radius 3 is 2.64 bits per heavy atom. The van der Waals surface area contributed by atoms with Crippen LogP contribution in [0, 0.1) is 5.82 Å². The fraction of sp³-hybridized carbons (Fsp3) is 0.400. The lowest BCUT2D eigenvalue weighted by Gasteiger charge is -2.29. The van der Waals surface area contributed by atoms with Gasteiger partial charge in [-0.05, 0) is 49.1 Å². The molecule has 1 aromatic carbocycles. The van der Waals surface area contributed by atoms with Gasteiger partial charge in [-0.3, -0.25) is 4.79 Å². The third kappa shape index (κ3) is 4.16. The zero-order valence-corrected chi connectivity index (χ0v) is 14.5. The molecule has 132 valence electrons. The third-order valence-corrected chi connectivity index (χ3v) is 4.78. The number of hydrogen-bond donors (Lipinski definition) is 0. The number of aromatic nitrogens is 1. The van der Waals surface area contributed by atoms with Crippen molar-refractivity contribution in [3.05, 3.63) is 59.5 Å². The molecule has 5 heteroatoms. The standard InChI is InChI=1S/C20H23FN2O2/c1-25-19-18(7-4-13-22-19)20(24)23(17-5-2-3-6-17)14-12-15-8-10-16(21)11-9-15/h4,7-11,13,17H,2-3,5-6,12,14H2,1H3. The molecule has 1 fully saturated rings. The summed E-state index contributed by atoms with van der Waals surface area (Å²) < 4.78 is 18.3. The monoisotopic (exact) mass is 342 g/mol. The number of nitrogens with zero attached hydrogens (tertiary/aromatic N) is 2. The Kier molecular flexibility index (Phi) is 5.64. The summed E-state index contributed by atoms with van der Waals surface area (Å²) in [5.41, 5.74) is 1.52. The van der Waals surface area contributed by atoms with E-state index in [-0.39, 0.29) is 17.8 Å². The highest BCUT2D eigenvalue weighted by molar-refractivity contribution is 5.96. The predicted molar refractivity (Wildman–Crippen MR) is 94.2 cm³/mol. The van der Waals surface area contributed by atoms with E-state index in [1.165, 1.54) is 19.2 Å². The Labute approximate surface area is 147 Å². The van der Waals surface area contributed by atoms with Crippen LogP contribution in [0.2, 0.25) is 0 Å². The van der Waals surface area contributed by atoms with E-state index in [1.54, 1.807) is 30.5 Å². The molecule has 0 bridgehead atoms. The Bertz CT molecular complexity index is 712. The summed E-state index contributed by atoms with van der Waals surface area (Å²) in [4.78, 5) is 19.2. The topological polar surface area (TPSA) is 42.4 Å². The van der Waals surface area contributed by atoms with Gasteiger partial charge in [-0.25, -0.2) is 9.37 Å². The van der Waals surface area contributed by atoms with Crippen LogP contribution in [-0.2, 0) is 6.42 Å². The molecule has 0 radical (unpaired) electrons. The SMILES string of the molecule is COc1ncccc1C(=O)N(CCc1ccc(F)cc1)C1CCCC1. The molecule has 4 nitrogen and oxygen atoms in total. The molecule has 3 rings (SSSR count). The Balaban J connectivity index is 1.79. The van der Waals surface area contributed by atoms with Crippen LogP contribution in [0.4, 0.5) is 4.39 Å². The minimum absolute atomic E-state index is 0.0426. The van der Waals surface area contributed by atoms with Gasteiger partial charge in [0.15, 0.2) is 0 Å². The van der Waals surface area contributed by atoms with Crippen LogP contribution in [-0.4, -0.2) is 35.5 Å². The minimum Gasteiger partial charge on any atom is -0.480 e. The summed E-state index contributed by atoms with van der Waals surface area (Å²) >= 11 is 0. The second kappa shape index (κ2) is 8.10. The number of benzene rings is 1. The molecule has 0 unspecified atom stereocenters. The van der Waals surface area contributed by atoms with Crippen LogP contribution >= 0.6 is 0 Å². The van der Waals surface area contributed by atoms with Crippen molar-refractivity contribution in [3.8, 4) is 5.88 Å². The van der Waals surface area contributed by atoms with Crippen LogP contribution in [0.15, 0.2) is 42.6 Å². The van der Waals surface area contributed by atoms with E-state index in [0.717, 1.165) is 31.2 Å². The van der Waals surface area contributed by atoms with Crippen molar-refractivity contribution in [2.75, 3.05) is 13.7 Å². The second-order valence-corrected chi connectivity index (χ2v) is 6.37. The number of hydrogen-bond acceptors (Lipinski definition) is 3. The van der Waals surface area contributed by atoms with Gasteiger partial charge in [0.2, 0.25) is 5.88 Å². The van der Waals surface area contributed by atoms with Crippen LogP contribution in [0.25, 0.3) is 0 Å². The number of carbonyl (C=O) groups is 1. The molecule has 0 aliphatic heterocycles. The van der Waals surface area contributed by atoms with Crippen LogP contribution in [0.3, 0.4) is 0 Å². The van der Waals surface area contributed by atoms with Gasteiger partial charge in [0.25, 0.3) is 5.91 Å². The number of methoxy groups -OCH3 is 1. The average molecular weight is 342 g/mol. The first-order valence-electron chi connectivity index (χ1n) is 8.73. The molecule has 1 amide bonds. The van der Waals surface area contributed by atoms with Crippen molar-refractivity contribution in [1.29, 1.82) is 0 Å². The van der Waals surface area contributed by atoms with Crippen molar-refractivity contribution in [3.63, 3.8) is 0 Å². The number of pyridine rings is 1. The van der Waals surface area contributed by atoms with Crippen LogP contribution in [0.5, 0.6) is 5.88 Å². The summed E-state index contributed by atoms with van der Waals surface area (Å²) in [6.07, 6.45) is 6.67. The minimum atomic E-state index is -0.243. The fourth-order valence-electron chi connectivity index (χ4n) is 3.44. The number of amides is 1. The van der Waals surface area contributed by atoms with Crippen molar-refractivity contribution in [2.24, 2.45) is 0 Å². The number of ether oxygens (including phenoxy) is 1. The normalized spacial score (nSPS) is 14.5. The highest BCUT2D eigenvalue weighted by atomic mass is 19.1. The maximum Gasteiger partial charge on any atom is 0.259 e. The van der Waals surface area contributed by atoms with E-state index in [1.807, 2.05) is 4.90 Å². The Morgan fingerprint density at radius 1 is 1.24 bits per heavy atom.